The van der Waals surface area contributed by atoms with Gasteiger partial charge >= 0.3 is 5.97 Å². The van der Waals surface area contributed by atoms with E-state index in [1.165, 1.54) is 6.92 Å². The molecule has 3 rings (SSSR count). The highest BCUT2D eigenvalue weighted by Crippen LogP contribution is 2.18. The minimum atomic E-state index is -1.29. The molecular weight excluding hydrogens is 446 g/mol. The van der Waals surface area contributed by atoms with Crippen LogP contribution in [0.1, 0.15) is 30.9 Å². The Morgan fingerprint density at radius 3 is 2.26 bits per heavy atom. The standard InChI is InChI=1S/C27H29N3O5/c1-18(26(34)28-17-21-12-7-11-20-10-5-6-13-22(20)21)29-27(35)23(16-25(32)33)30-24(31)15-14-19-8-3-2-4-9-19/h2-13,18,23H,14-17H2,1H3,(H,28,34)(H,29,35)(H,30,31)(H,32,33)/t18?,23-/m0/s1. The fourth-order valence-electron chi connectivity index (χ4n) is 3.71. The second kappa shape index (κ2) is 12.3. The summed E-state index contributed by atoms with van der Waals surface area (Å²) in [6.45, 7) is 1.78. The summed E-state index contributed by atoms with van der Waals surface area (Å²) in [5, 5.41) is 19.0. The first-order valence-electron chi connectivity index (χ1n) is 11.4. The molecule has 0 saturated heterocycles. The van der Waals surface area contributed by atoms with Crippen molar-refractivity contribution in [3.8, 4) is 0 Å². The lowest BCUT2D eigenvalue weighted by molar-refractivity contribution is -0.141. The number of carbonyl (C=O) groups excluding carboxylic acids is 3. The third-order valence-corrected chi connectivity index (χ3v) is 5.60. The van der Waals surface area contributed by atoms with E-state index in [0.29, 0.717) is 6.42 Å². The van der Waals surface area contributed by atoms with Gasteiger partial charge in [-0.1, -0.05) is 72.8 Å². The smallest absolute Gasteiger partial charge is 0.305 e. The number of hydrogen-bond donors (Lipinski definition) is 4. The summed E-state index contributed by atoms with van der Waals surface area (Å²) in [5.41, 5.74) is 1.89. The number of rotatable bonds is 11. The van der Waals surface area contributed by atoms with Gasteiger partial charge in [0.1, 0.15) is 12.1 Å². The van der Waals surface area contributed by atoms with Crippen molar-refractivity contribution < 1.29 is 24.3 Å². The molecule has 0 fully saturated rings. The molecule has 0 aliphatic rings. The van der Waals surface area contributed by atoms with Gasteiger partial charge in [-0.2, -0.15) is 0 Å². The van der Waals surface area contributed by atoms with Crippen LogP contribution in [0.4, 0.5) is 0 Å². The molecule has 0 radical (unpaired) electrons. The predicted molar refractivity (Wildman–Crippen MR) is 132 cm³/mol. The van der Waals surface area contributed by atoms with Crippen molar-refractivity contribution in [1.29, 1.82) is 0 Å². The zero-order valence-electron chi connectivity index (χ0n) is 19.5. The number of aliphatic carboxylic acids is 1. The van der Waals surface area contributed by atoms with Gasteiger partial charge in [0.15, 0.2) is 0 Å². The highest BCUT2D eigenvalue weighted by atomic mass is 16.4. The molecule has 2 atom stereocenters. The number of carbonyl (C=O) groups is 4. The first kappa shape index (κ1) is 25.4. The fourth-order valence-corrected chi connectivity index (χ4v) is 3.71. The summed E-state index contributed by atoms with van der Waals surface area (Å²) < 4.78 is 0. The van der Waals surface area contributed by atoms with E-state index in [1.807, 2.05) is 72.8 Å². The maximum absolute atomic E-state index is 12.7. The molecule has 0 heterocycles. The first-order valence-corrected chi connectivity index (χ1v) is 11.4. The Balaban J connectivity index is 1.54. The summed E-state index contributed by atoms with van der Waals surface area (Å²) in [4.78, 5) is 48.9. The topological polar surface area (TPSA) is 125 Å². The highest BCUT2D eigenvalue weighted by Gasteiger charge is 2.26. The Bertz CT molecular complexity index is 1190. The van der Waals surface area contributed by atoms with E-state index >= 15 is 0 Å². The van der Waals surface area contributed by atoms with Gasteiger partial charge in [0.2, 0.25) is 17.7 Å². The Morgan fingerprint density at radius 2 is 1.51 bits per heavy atom. The maximum Gasteiger partial charge on any atom is 0.305 e. The summed E-state index contributed by atoms with van der Waals surface area (Å²) in [6.07, 6.45) is -0.0250. The Hall–Kier alpha value is -4.20. The van der Waals surface area contributed by atoms with Crippen LogP contribution in [0.5, 0.6) is 0 Å². The van der Waals surface area contributed by atoms with E-state index in [-0.39, 0.29) is 13.0 Å². The van der Waals surface area contributed by atoms with E-state index in [1.54, 1.807) is 0 Å². The minimum absolute atomic E-state index is 0.106. The Kier molecular flexibility index (Phi) is 8.95. The summed E-state index contributed by atoms with van der Waals surface area (Å²) in [6, 6.07) is 20.8. The normalized spacial score (nSPS) is 12.4. The third-order valence-electron chi connectivity index (χ3n) is 5.60. The van der Waals surface area contributed by atoms with Gasteiger partial charge in [-0.05, 0) is 35.2 Å². The van der Waals surface area contributed by atoms with Crippen molar-refractivity contribution in [2.24, 2.45) is 0 Å². The molecular formula is C27H29N3O5. The van der Waals surface area contributed by atoms with Gasteiger partial charge in [0.25, 0.3) is 0 Å². The largest absolute Gasteiger partial charge is 0.481 e. The van der Waals surface area contributed by atoms with Crippen LogP contribution in [0.3, 0.4) is 0 Å². The van der Waals surface area contributed by atoms with Gasteiger partial charge < -0.3 is 21.1 Å². The Labute approximate surface area is 203 Å². The minimum Gasteiger partial charge on any atom is -0.481 e. The van der Waals surface area contributed by atoms with Crippen LogP contribution in [0.15, 0.2) is 72.8 Å². The molecule has 8 nitrogen and oxygen atoms in total. The molecule has 1 unspecified atom stereocenters. The maximum atomic E-state index is 12.7. The number of carboxylic acids is 1. The molecule has 0 aromatic heterocycles. The second-order valence-corrected chi connectivity index (χ2v) is 8.29. The van der Waals surface area contributed by atoms with Crippen molar-refractivity contribution in [2.45, 2.75) is 44.8 Å². The van der Waals surface area contributed by atoms with Crippen molar-refractivity contribution >= 4 is 34.5 Å². The molecule has 182 valence electrons. The highest BCUT2D eigenvalue weighted by molar-refractivity contribution is 5.94. The molecule has 4 N–H and O–H groups in total. The van der Waals surface area contributed by atoms with Crippen molar-refractivity contribution in [2.75, 3.05) is 0 Å². The van der Waals surface area contributed by atoms with E-state index in [9.17, 15) is 24.3 Å². The van der Waals surface area contributed by atoms with Crippen LogP contribution >= 0.6 is 0 Å². The van der Waals surface area contributed by atoms with E-state index < -0.39 is 42.2 Å². The van der Waals surface area contributed by atoms with Crippen LogP contribution in [-0.2, 0) is 32.1 Å². The molecule has 35 heavy (non-hydrogen) atoms. The lowest BCUT2D eigenvalue weighted by atomic mass is 10.0. The number of amides is 3. The molecule has 3 amide bonds. The zero-order valence-corrected chi connectivity index (χ0v) is 19.5. The molecule has 0 saturated carbocycles. The van der Waals surface area contributed by atoms with Crippen molar-refractivity contribution in [3.05, 3.63) is 83.9 Å². The zero-order chi connectivity index (χ0) is 25.2. The van der Waals surface area contributed by atoms with Gasteiger partial charge in [-0.3, -0.25) is 19.2 Å². The number of nitrogens with one attached hydrogen (secondary N) is 3. The van der Waals surface area contributed by atoms with Gasteiger partial charge in [0, 0.05) is 13.0 Å². The number of hydrogen-bond acceptors (Lipinski definition) is 4. The van der Waals surface area contributed by atoms with E-state index in [0.717, 1.165) is 21.9 Å². The molecule has 0 bridgehead atoms. The van der Waals surface area contributed by atoms with Gasteiger partial charge in [-0.15, -0.1) is 0 Å². The monoisotopic (exact) mass is 475 g/mol. The molecule has 0 spiro atoms. The second-order valence-electron chi connectivity index (χ2n) is 8.29. The van der Waals surface area contributed by atoms with E-state index in [4.69, 9.17) is 0 Å². The lowest BCUT2D eigenvalue weighted by Gasteiger charge is -2.20. The van der Waals surface area contributed by atoms with Crippen LogP contribution in [0.25, 0.3) is 10.8 Å². The predicted octanol–water partition coefficient (Wildman–Crippen LogP) is 2.55. The SMILES string of the molecule is CC(NC(=O)[C@H](CC(=O)O)NC(=O)CCc1ccccc1)C(=O)NCc1cccc2ccccc12. The number of fused-ring (bicyclic) bond motifs is 1. The molecule has 3 aromatic carbocycles. The van der Waals surface area contributed by atoms with E-state index in [2.05, 4.69) is 16.0 Å². The summed E-state index contributed by atoms with van der Waals surface area (Å²) in [5.74, 6) is -2.83. The summed E-state index contributed by atoms with van der Waals surface area (Å²) >= 11 is 0. The first-order chi connectivity index (χ1) is 16.8. The lowest BCUT2D eigenvalue weighted by Crippen LogP contribution is -2.53. The van der Waals surface area contributed by atoms with Crippen LogP contribution in [0.2, 0.25) is 0 Å². The van der Waals surface area contributed by atoms with Gasteiger partial charge in [0.05, 0.1) is 6.42 Å². The van der Waals surface area contributed by atoms with Crippen LogP contribution in [0, 0.1) is 0 Å². The Morgan fingerprint density at radius 1 is 0.829 bits per heavy atom. The molecule has 0 aliphatic carbocycles. The van der Waals surface area contributed by atoms with Crippen molar-refractivity contribution in [1.82, 2.24) is 16.0 Å². The van der Waals surface area contributed by atoms with Crippen molar-refractivity contribution in [3.63, 3.8) is 0 Å². The van der Waals surface area contributed by atoms with Crippen LogP contribution in [-0.4, -0.2) is 40.9 Å². The fraction of sp³-hybridized carbons (Fsp3) is 0.259. The number of benzene rings is 3. The third kappa shape index (κ3) is 7.67. The summed E-state index contributed by atoms with van der Waals surface area (Å²) in [7, 11) is 0. The number of aryl methyl sites for hydroxylation is 1. The molecule has 0 aliphatic heterocycles. The number of carboxylic acid groups (broad SMARTS) is 1. The average Bonchev–Trinajstić information content (AvgIpc) is 2.85. The molecule has 3 aromatic rings. The molecule has 8 heteroatoms. The van der Waals surface area contributed by atoms with Gasteiger partial charge in [-0.25, -0.2) is 0 Å². The van der Waals surface area contributed by atoms with Crippen LogP contribution < -0.4 is 16.0 Å². The average molecular weight is 476 g/mol. The quantitative estimate of drug-likeness (QED) is 0.339.